The van der Waals surface area contributed by atoms with Crippen molar-refractivity contribution in [3.05, 3.63) is 59.2 Å². The van der Waals surface area contributed by atoms with Crippen molar-refractivity contribution in [2.24, 2.45) is 0 Å². The van der Waals surface area contributed by atoms with Gasteiger partial charge in [-0.2, -0.15) is 0 Å². The number of ether oxygens (including phenoxy) is 1. The van der Waals surface area contributed by atoms with Crippen LogP contribution in [0.3, 0.4) is 0 Å². The van der Waals surface area contributed by atoms with Crippen LogP contribution in [0.2, 0.25) is 0 Å². The Morgan fingerprint density at radius 2 is 1.81 bits per heavy atom. The Morgan fingerprint density at radius 3 is 2.43 bits per heavy atom. The Kier molecular flexibility index (Phi) is 3.88. The topological polar surface area (TPSA) is 21.3 Å². The fourth-order valence-electron chi connectivity index (χ4n) is 2.14. The number of benzene rings is 2. The van der Waals surface area contributed by atoms with Crippen molar-refractivity contribution in [2.45, 2.75) is 32.4 Å². The summed E-state index contributed by atoms with van der Waals surface area (Å²) < 4.78 is 33.5. The van der Waals surface area contributed by atoms with Crippen LogP contribution < -0.4 is 10.1 Å². The Morgan fingerprint density at radius 1 is 1.14 bits per heavy atom. The van der Waals surface area contributed by atoms with Gasteiger partial charge in [0.05, 0.1) is 0 Å². The van der Waals surface area contributed by atoms with Gasteiger partial charge in [0.2, 0.25) is 0 Å². The van der Waals surface area contributed by atoms with Crippen LogP contribution in [0.15, 0.2) is 36.4 Å². The summed E-state index contributed by atoms with van der Waals surface area (Å²) in [6, 6.07) is 10.3. The molecule has 1 saturated carbocycles. The molecule has 2 aromatic rings. The van der Waals surface area contributed by atoms with Crippen LogP contribution in [0.5, 0.6) is 11.5 Å². The summed E-state index contributed by atoms with van der Waals surface area (Å²) in [6.07, 6.45) is 2.28. The third kappa shape index (κ3) is 3.39. The second-order valence-electron chi connectivity index (χ2n) is 5.41. The molecule has 0 bridgehead atoms. The number of aryl methyl sites for hydroxylation is 1. The van der Waals surface area contributed by atoms with E-state index in [1.165, 1.54) is 12.1 Å². The van der Waals surface area contributed by atoms with Gasteiger partial charge >= 0.3 is 0 Å². The zero-order valence-corrected chi connectivity index (χ0v) is 11.8. The van der Waals surface area contributed by atoms with Gasteiger partial charge in [0, 0.05) is 12.6 Å². The number of nitrogens with one attached hydrogen (secondary N) is 1. The Bertz CT molecular complexity index is 630. The van der Waals surface area contributed by atoms with Gasteiger partial charge in [-0.15, -0.1) is 0 Å². The quantitative estimate of drug-likeness (QED) is 0.885. The summed E-state index contributed by atoms with van der Waals surface area (Å²) in [4.78, 5) is 0. The highest BCUT2D eigenvalue weighted by atomic mass is 19.1. The average Bonchev–Trinajstić information content (AvgIpc) is 3.26. The summed E-state index contributed by atoms with van der Waals surface area (Å²) in [5.74, 6) is -1.24. The molecule has 0 amide bonds. The molecular formula is C17H17F2NO. The zero-order chi connectivity index (χ0) is 14.8. The molecule has 0 heterocycles. The first-order chi connectivity index (χ1) is 10.1. The molecule has 0 aromatic heterocycles. The highest BCUT2D eigenvalue weighted by molar-refractivity contribution is 5.39. The van der Waals surface area contributed by atoms with Gasteiger partial charge in [-0.1, -0.05) is 18.2 Å². The largest absolute Gasteiger partial charge is 0.451 e. The second-order valence-corrected chi connectivity index (χ2v) is 5.41. The van der Waals surface area contributed by atoms with Crippen molar-refractivity contribution in [3.63, 3.8) is 0 Å². The molecule has 1 fully saturated rings. The Balaban J connectivity index is 1.80. The van der Waals surface area contributed by atoms with Crippen molar-refractivity contribution < 1.29 is 13.5 Å². The summed E-state index contributed by atoms with van der Waals surface area (Å²) >= 11 is 0. The van der Waals surface area contributed by atoms with E-state index in [1.54, 1.807) is 12.1 Å². The van der Waals surface area contributed by atoms with Crippen LogP contribution in [-0.2, 0) is 6.54 Å². The molecule has 0 saturated heterocycles. The fraction of sp³-hybridized carbons (Fsp3) is 0.294. The Labute approximate surface area is 122 Å². The maximum Gasteiger partial charge on any atom is 0.198 e. The molecule has 110 valence electrons. The number of hydrogen-bond acceptors (Lipinski definition) is 2. The van der Waals surface area contributed by atoms with E-state index in [9.17, 15) is 8.78 Å². The van der Waals surface area contributed by atoms with Crippen LogP contribution in [0.1, 0.15) is 24.0 Å². The molecule has 3 rings (SSSR count). The molecule has 0 radical (unpaired) electrons. The van der Waals surface area contributed by atoms with Crippen LogP contribution in [0.25, 0.3) is 0 Å². The minimum atomic E-state index is -0.675. The molecular weight excluding hydrogens is 272 g/mol. The number of rotatable bonds is 5. The molecule has 2 nitrogen and oxygen atoms in total. The lowest BCUT2D eigenvalue weighted by molar-refractivity contribution is 0.404. The molecule has 1 aliphatic carbocycles. The Hall–Kier alpha value is -1.94. The molecule has 0 spiro atoms. The van der Waals surface area contributed by atoms with Crippen LogP contribution >= 0.6 is 0 Å². The predicted octanol–water partition coefficient (Wildman–Crippen LogP) is 4.32. The highest BCUT2D eigenvalue weighted by Crippen LogP contribution is 2.30. The van der Waals surface area contributed by atoms with Crippen molar-refractivity contribution in [3.8, 4) is 11.5 Å². The van der Waals surface area contributed by atoms with Gasteiger partial charge in [0.15, 0.2) is 17.4 Å². The van der Waals surface area contributed by atoms with Gasteiger partial charge < -0.3 is 10.1 Å². The SMILES string of the molecule is Cc1ccccc1Oc1c(F)cc(CNC2CC2)cc1F. The van der Waals surface area contributed by atoms with E-state index in [-0.39, 0.29) is 5.75 Å². The molecule has 0 unspecified atom stereocenters. The monoisotopic (exact) mass is 289 g/mol. The van der Waals surface area contributed by atoms with E-state index in [0.29, 0.717) is 23.9 Å². The summed E-state index contributed by atoms with van der Waals surface area (Å²) in [5, 5.41) is 3.23. The molecule has 0 aliphatic heterocycles. The lowest BCUT2D eigenvalue weighted by Gasteiger charge is -2.12. The van der Waals surface area contributed by atoms with E-state index in [4.69, 9.17) is 4.74 Å². The third-order valence-electron chi connectivity index (χ3n) is 3.54. The van der Waals surface area contributed by atoms with Crippen LogP contribution in [-0.4, -0.2) is 6.04 Å². The first-order valence-electron chi connectivity index (χ1n) is 7.08. The van der Waals surface area contributed by atoms with Crippen molar-refractivity contribution in [2.75, 3.05) is 0 Å². The lowest BCUT2D eigenvalue weighted by atomic mass is 10.2. The molecule has 1 N–H and O–H groups in total. The van der Waals surface area contributed by atoms with Gasteiger partial charge in [-0.3, -0.25) is 0 Å². The fourth-order valence-corrected chi connectivity index (χ4v) is 2.14. The van der Waals surface area contributed by atoms with Crippen molar-refractivity contribution in [1.82, 2.24) is 5.32 Å². The first kappa shape index (κ1) is 14.0. The summed E-state index contributed by atoms with van der Waals surface area (Å²) in [7, 11) is 0. The van der Waals surface area contributed by atoms with Crippen molar-refractivity contribution >= 4 is 0 Å². The van der Waals surface area contributed by atoms with Crippen molar-refractivity contribution in [1.29, 1.82) is 0 Å². The van der Waals surface area contributed by atoms with Crippen LogP contribution in [0, 0.1) is 18.6 Å². The van der Waals surface area contributed by atoms with Crippen LogP contribution in [0.4, 0.5) is 8.78 Å². The minimum absolute atomic E-state index is 0.348. The van der Waals surface area contributed by atoms with E-state index in [0.717, 1.165) is 18.4 Å². The summed E-state index contributed by atoms with van der Waals surface area (Å²) in [6.45, 7) is 2.31. The van der Waals surface area contributed by atoms with E-state index in [2.05, 4.69) is 5.32 Å². The first-order valence-corrected chi connectivity index (χ1v) is 7.08. The average molecular weight is 289 g/mol. The van der Waals surface area contributed by atoms with E-state index >= 15 is 0 Å². The van der Waals surface area contributed by atoms with Gasteiger partial charge in [0.25, 0.3) is 0 Å². The smallest absolute Gasteiger partial charge is 0.198 e. The number of halogens is 2. The second kappa shape index (κ2) is 5.82. The highest BCUT2D eigenvalue weighted by Gasteiger charge is 2.21. The minimum Gasteiger partial charge on any atom is -0.451 e. The molecule has 0 atom stereocenters. The third-order valence-corrected chi connectivity index (χ3v) is 3.54. The number of hydrogen-bond donors (Lipinski definition) is 1. The molecule has 4 heteroatoms. The normalized spacial score (nSPS) is 14.2. The molecule has 2 aromatic carbocycles. The maximum absolute atomic E-state index is 14.1. The standard InChI is InChI=1S/C17H17F2NO/c1-11-4-2-3-5-16(11)21-17-14(18)8-12(9-15(17)19)10-20-13-6-7-13/h2-5,8-9,13,20H,6-7,10H2,1H3. The van der Waals surface area contributed by atoms with E-state index < -0.39 is 11.6 Å². The van der Waals surface area contributed by atoms with E-state index in [1.807, 2.05) is 19.1 Å². The van der Waals surface area contributed by atoms with Gasteiger partial charge in [-0.25, -0.2) is 8.78 Å². The molecule has 21 heavy (non-hydrogen) atoms. The summed E-state index contributed by atoms with van der Waals surface area (Å²) in [5.41, 5.74) is 1.42. The number of para-hydroxylation sites is 1. The lowest BCUT2D eigenvalue weighted by Crippen LogP contribution is -2.15. The predicted molar refractivity (Wildman–Crippen MR) is 77.5 cm³/mol. The van der Waals surface area contributed by atoms with Gasteiger partial charge in [-0.05, 0) is 49.1 Å². The van der Waals surface area contributed by atoms with Gasteiger partial charge in [0.1, 0.15) is 5.75 Å². The zero-order valence-electron chi connectivity index (χ0n) is 11.8. The molecule has 1 aliphatic rings. The maximum atomic E-state index is 14.1.